The van der Waals surface area contributed by atoms with E-state index in [1.807, 2.05) is 0 Å². The van der Waals surface area contributed by atoms with Gasteiger partial charge in [0.15, 0.2) is 0 Å². The van der Waals surface area contributed by atoms with Crippen LogP contribution in [0.1, 0.15) is 52.6 Å². The van der Waals surface area contributed by atoms with Gasteiger partial charge >= 0.3 is 0 Å². The van der Waals surface area contributed by atoms with Gasteiger partial charge in [-0.2, -0.15) is 0 Å². The average molecular weight is 443 g/mol. The van der Waals surface area contributed by atoms with Gasteiger partial charge in [-0.25, -0.2) is 0 Å². The van der Waals surface area contributed by atoms with Gasteiger partial charge in [0.25, 0.3) is 11.8 Å². The molecule has 3 aromatic rings. The highest BCUT2D eigenvalue weighted by molar-refractivity contribution is 6.33. The molecule has 0 bridgehead atoms. The third kappa shape index (κ3) is 2.86. The van der Waals surface area contributed by atoms with E-state index < -0.39 is 34.9 Å². The van der Waals surface area contributed by atoms with Gasteiger partial charge in [-0.05, 0) is 36.4 Å². The molecule has 0 saturated heterocycles. The Balaban J connectivity index is 1.45. The van der Waals surface area contributed by atoms with Gasteiger partial charge in [-0.15, -0.1) is 0 Å². The van der Waals surface area contributed by atoms with Gasteiger partial charge in [0.1, 0.15) is 11.5 Å². The van der Waals surface area contributed by atoms with Crippen molar-refractivity contribution in [3.8, 4) is 11.5 Å². The number of nitrogens with two attached hydrogens (primary N) is 1. The van der Waals surface area contributed by atoms with Crippen molar-refractivity contribution in [1.29, 1.82) is 0 Å². The van der Waals surface area contributed by atoms with E-state index in [-0.39, 0.29) is 46.7 Å². The second-order valence-corrected chi connectivity index (χ2v) is 7.70. The molecule has 1 aliphatic heterocycles. The van der Waals surface area contributed by atoms with E-state index >= 15 is 0 Å². The topological polar surface area (TPSA) is 150 Å². The summed E-state index contributed by atoms with van der Waals surface area (Å²) in [6, 6.07) is 11.7. The lowest BCUT2D eigenvalue weighted by molar-refractivity contribution is 0.0660. The van der Waals surface area contributed by atoms with Crippen LogP contribution in [-0.2, 0) is 0 Å². The molecule has 3 aromatic carbocycles. The standard InChI is InChI=1S/C24H17N3O6/c25-13-5-7-15(28)19-17(13)21(30)20-16(29)8-6-14(18(20)22(19)31)26-9-10-27-23(32)11-3-1-2-4-12(11)24(27)33/h1-8,26,28-29H,9-10,25H2. The van der Waals surface area contributed by atoms with Crippen molar-refractivity contribution in [2.24, 2.45) is 0 Å². The minimum Gasteiger partial charge on any atom is -0.507 e. The summed E-state index contributed by atoms with van der Waals surface area (Å²) in [5.74, 6) is -2.99. The third-order valence-corrected chi connectivity index (χ3v) is 5.84. The van der Waals surface area contributed by atoms with Crippen molar-refractivity contribution < 1.29 is 29.4 Å². The molecule has 2 amide bonds. The van der Waals surface area contributed by atoms with E-state index in [1.165, 1.54) is 24.3 Å². The molecule has 2 aliphatic rings. The van der Waals surface area contributed by atoms with Crippen molar-refractivity contribution >= 4 is 34.8 Å². The molecule has 9 heteroatoms. The highest BCUT2D eigenvalue weighted by Gasteiger charge is 2.38. The second-order valence-electron chi connectivity index (χ2n) is 7.70. The zero-order chi connectivity index (χ0) is 23.4. The molecule has 0 spiro atoms. The summed E-state index contributed by atoms with van der Waals surface area (Å²) in [5.41, 5.74) is 6.01. The summed E-state index contributed by atoms with van der Waals surface area (Å²) in [6.07, 6.45) is 0. The minimum atomic E-state index is -0.686. The maximum atomic E-state index is 13.2. The van der Waals surface area contributed by atoms with Crippen LogP contribution in [0, 0.1) is 0 Å². The first-order chi connectivity index (χ1) is 15.8. The molecule has 1 heterocycles. The second kappa shape index (κ2) is 7.20. The predicted octanol–water partition coefficient (Wildman–Crippen LogP) is 2.16. The quantitative estimate of drug-likeness (QED) is 0.213. The number of nitrogens with zero attached hydrogens (tertiary/aromatic N) is 1. The van der Waals surface area contributed by atoms with Crippen molar-refractivity contribution in [2.75, 3.05) is 24.1 Å². The smallest absolute Gasteiger partial charge is 0.261 e. The maximum Gasteiger partial charge on any atom is 0.261 e. The van der Waals surface area contributed by atoms with E-state index in [4.69, 9.17) is 5.73 Å². The Kier molecular flexibility index (Phi) is 4.42. The Bertz CT molecular complexity index is 1380. The van der Waals surface area contributed by atoms with E-state index in [1.54, 1.807) is 24.3 Å². The number of anilines is 2. The van der Waals surface area contributed by atoms with Crippen LogP contribution in [0.15, 0.2) is 48.5 Å². The number of hydrogen-bond acceptors (Lipinski definition) is 8. The number of fused-ring (bicyclic) bond motifs is 3. The van der Waals surface area contributed by atoms with Crippen molar-refractivity contribution in [3.63, 3.8) is 0 Å². The fourth-order valence-corrected chi connectivity index (χ4v) is 4.28. The van der Waals surface area contributed by atoms with Crippen LogP contribution in [0.2, 0.25) is 0 Å². The number of aromatic hydroxyl groups is 2. The number of imide groups is 1. The van der Waals surface area contributed by atoms with Crippen molar-refractivity contribution in [1.82, 2.24) is 4.90 Å². The minimum absolute atomic E-state index is 0.00943. The number of hydrogen-bond donors (Lipinski definition) is 4. The molecule has 5 rings (SSSR count). The van der Waals surface area contributed by atoms with Gasteiger partial charge in [0.2, 0.25) is 11.6 Å². The van der Waals surface area contributed by atoms with Gasteiger partial charge in [-0.3, -0.25) is 24.1 Å². The van der Waals surface area contributed by atoms with Crippen LogP contribution in [0.5, 0.6) is 11.5 Å². The SMILES string of the molecule is Nc1ccc(O)c2c1C(=O)c1c(O)ccc(NCCN3C(=O)c4ccccc4C3=O)c1C2=O. The average Bonchev–Trinajstić information content (AvgIpc) is 3.04. The van der Waals surface area contributed by atoms with Crippen LogP contribution in [0.3, 0.4) is 0 Å². The molecule has 0 atom stereocenters. The van der Waals surface area contributed by atoms with Gasteiger partial charge in [0, 0.05) is 24.5 Å². The number of phenols is 2. The highest BCUT2D eigenvalue weighted by Crippen LogP contribution is 2.41. The molecular formula is C24H17N3O6. The van der Waals surface area contributed by atoms with Crippen LogP contribution >= 0.6 is 0 Å². The molecule has 164 valence electrons. The molecular weight excluding hydrogens is 426 g/mol. The first-order valence-electron chi connectivity index (χ1n) is 10.1. The number of amides is 2. The number of carbonyl (C=O) groups excluding carboxylic acids is 4. The van der Waals surface area contributed by atoms with E-state index in [2.05, 4.69) is 5.32 Å². The van der Waals surface area contributed by atoms with Crippen LogP contribution in [0.4, 0.5) is 11.4 Å². The summed E-state index contributed by atoms with van der Waals surface area (Å²) in [4.78, 5) is 52.5. The predicted molar refractivity (Wildman–Crippen MR) is 118 cm³/mol. The summed E-state index contributed by atoms with van der Waals surface area (Å²) >= 11 is 0. The fourth-order valence-electron chi connectivity index (χ4n) is 4.28. The van der Waals surface area contributed by atoms with E-state index in [9.17, 15) is 29.4 Å². The number of ketones is 2. The lowest BCUT2D eigenvalue weighted by Crippen LogP contribution is -2.34. The Morgan fingerprint density at radius 3 is 1.91 bits per heavy atom. The Labute approximate surface area is 187 Å². The van der Waals surface area contributed by atoms with E-state index in [0.29, 0.717) is 11.1 Å². The first-order valence-corrected chi connectivity index (χ1v) is 10.1. The highest BCUT2D eigenvalue weighted by atomic mass is 16.3. The van der Waals surface area contributed by atoms with Crippen LogP contribution in [-0.4, -0.2) is 51.6 Å². The number of phenolic OH excluding ortho intramolecular Hbond substituents is 2. The van der Waals surface area contributed by atoms with E-state index in [0.717, 1.165) is 4.90 Å². The number of nitrogens with one attached hydrogen (secondary N) is 1. The zero-order valence-corrected chi connectivity index (χ0v) is 17.1. The number of rotatable bonds is 4. The number of carbonyl (C=O) groups is 4. The van der Waals surface area contributed by atoms with Crippen molar-refractivity contribution in [2.45, 2.75) is 0 Å². The summed E-state index contributed by atoms with van der Waals surface area (Å²) < 4.78 is 0. The van der Waals surface area contributed by atoms with Crippen molar-refractivity contribution in [3.05, 3.63) is 81.9 Å². The Morgan fingerprint density at radius 2 is 1.27 bits per heavy atom. The van der Waals surface area contributed by atoms with Gasteiger partial charge in [0.05, 0.1) is 33.4 Å². The zero-order valence-electron chi connectivity index (χ0n) is 17.1. The van der Waals surface area contributed by atoms with Crippen LogP contribution < -0.4 is 11.1 Å². The largest absolute Gasteiger partial charge is 0.507 e. The Morgan fingerprint density at radius 1 is 0.727 bits per heavy atom. The lowest BCUT2D eigenvalue weighted by atomic mass is 9.81. The first kappa shape index (κ1) is 20.3. The summed E-state index contributed by atoms with van der Waals surface area (Å²) in [5, 5.41) is 23.5. The third-order valence-electron chi connectivity index (χ3n) is 5.84. The lowest BCUT2D eigenvalue weighted by Gasteiger charge is -2.23. The molecule has 0 aromatic heterocycles. The molecule has 0 radical (unpaired) electrons. The molecule has 0 unspecified atom stereocenters. The normalized spacial score (nSPS) is 14.2. The maximum absolute atomic E-state index is 13.2. The van der Waals surface area contributed by atoms with Gasteiger partial charge < -0.3 is 21.3 Å². The summed E-state index contributed by atoms with van der Waals surface area (Å²) in [7, 11) is 0. The molecule has 33 heavy (non-hydrogen) atoms. The van der Waals surface area contributed by atoms with Crippen LogP contribution in [0.25, 0.3) is 0 Å². The molecule has 0 saturated carbocycles. The molecule has 0 fully saturated rings. The Hall–Kier alpha value is -4.66. The number of nitrogen functional groups attached to an aromatic ring is 1. The molecule has 1 aliphatic carbocycles. The molecule has 9 nitrogen and oxygen atoms in total. The summed E-state index contributed by atoms with van der Waals surface area (Å²) in [6.45, 7) is 0.0961. The number of benzene rings is 3. The molecule has 5 N–H and O–H groups in total. The fraction of sp³-hybridized carbons (Fsp3) is 0.0833. The van der Waals surface area contributed by atoms with Gasteiger partial charge in [-0.1, -0.05) is 12.1 Å². The monoisotopic (exact) mass is 443 g/mol.